The molecular weight excluding hydrogens is 383 g/mol. The lowest BCUT2D eigenvalue weighted by molar-refractivity contribution is -0.138. The molecule has 0 aliphatic heterocycles. The number of rotatable bonds is 4. The molecular formula is C16H14F3N5O4. The smallest absolute Gasteiger partial charge is 0.416 e. The number of aryl methyl sites for hydroxylation is 1. The first-order valence-electron chi connectivity index (χ1n) is 7.83. The van der Waals surface area contributed by atoms with E-state index < -0.39 is 35.5 Å². The van der Waals surface area contributed by atoms with Gasteiger partial charge in [-0.15, -0.1) is 0 Å². The highest BCUT2D eigenvalue weighted by Crippen LogP contribution is 2.31. The van der Waals surface area contributed by atoms with Gasteiger partial charge >= 0.3 is 17.8 Å². The Morgan fingerprint density at radius 2 is 1.89 bits per heavy atom. The van der Waals surface area contributed by atoms with Gasteiger partial charge in [-0.1, -0.05) is 6.07 Å². The topological polar surface area (TPSA) is 111 Å². The van der Waals surface area contributed by atoms with Crippen molar-refractivity contribution >= 4 is 28.8 Å². The molecule has 0 bridgehead atoms. The van der Waals surface area contributed by atoms with Gasteiger partial charge in [0.2, 0.25) is 5.95 Å². The molecule has 0 aliphatic carbocycles. The van der Waals surface area contributed by atoms with E-state index in [-0.39, 0.29) is 22.8 Å². The molecule has 0 atom stereocenters. The molecule has 9 nitrogen and oxygen atoms in total. The summed E-state index contributed by atoms with van der Waals surface area (Å²) >= 11 is 0. The van der Waals surface area contributed by atoms with Crippen molar-refractivity contribution in [1.29, 1.82) is 0 Å². The number of benzene rings is 1. The SMILES string of the molecule is Cn1c(=O)c2c(nc(Nc3cccc(C(F)(F)F)c3)n2CC(=O)O)n(C)c1=O. The second-order valence-electron chi connectivity index (χ2n) is 6.00. The summed E-state index contributed by atoms with van der Waals surface area (Å²) in [6.07, 6.45) is -4.57. The van der Waals surface area contributed by atoms with E-state index in [1.165, 1.54) is 26.2 Å². The molecule has 2 aromatic heterocycles. The van der Waals surface area contributed by atoms with Crippen molar-refractivity contribution in [1.82, 2.24) is 18.7 Å². The zero-order valence-electron chi connectivity index (χ0n) is 14.6. The van der Waals surface area contributed by atoms with E-state index in [9.17, 15) is 27.6 Å². The average Bonchev–Trinajstić information content (AvgIpc) is 2.95. The van der Waals surface area contributed by atoms with Crippen LogP contribution in [-0.2, 0) is 31.6 Å². The second kappa shape index (κ2) is 6.55. The number of nitrogens with zero attached hydrogens (tertiary/aromatic N) is 4. The van der Waals surface area contributed by atoms with Gasteiger partial charge in [-0.25, -0.2) is 4.79 Å². The molecule has 0 unspecified atom stereocenters. The van der Waals surface area contributed by atoms with Crippen LogP contribution < -0.4 is 16.6 Å². The van der Waals surface area contributed by atoms with Crippen molar-refractivity contribution in [3.8, 4) is 0 Å². The fourth-order valence-corrected chi connectivity index (χ4v) is 2.73. The number of anilines is 2. The van der Waals surface area contributed by atoms with Gasteiger partial charge in [0.25, 0.3) is 5.56 Å². The van der Waals surface area contributed by atoms with Gasteiger partial charge < -0.3 is 10.4 Å². The number of hydrogen-bond acceptors (Lipinski definition) is 5. The fourth-order valence-electron chi connectivity index (χ4n) is 2.73. The van der Waals surface area contributed by atoms with Gasteiger partial charge in [-0.3, -0.25) is 23.3 Å². The van der Waals surface area contributed by atoms with Gasteiger partial charge in [-0.2, -0.15) is 18.2 Å². The third-order valence-electron chi connectivity index (χ3n) is 4.09. The average molecular weight is 397 g/mol. The van der Waals surface area contributed by atoms with E-state index in [1.54, 1.807) is 0 Å². The summed E-state index contributed by atoms with van der Waals surface area (Å²) in [6, 6.07) is 4.20. The number of carboxylic acid groups (broad SMARTS) is 1. The molecule has 3 aromatic rings. The minimum atomic E-state index is -4.57. The summed E-state index contributed by atoms with van der Waals surface area (Å²) in [4.78, 5) is 39.9. The van der Waals surface area contributed by atoms with Crippen LogP contribution in [0.1, 0.15) is 5.56 Å². The Morgan fingerprint density at radius 1 is 1.21 bits per heavy atom. The van der Waals surface area contributed by atoms with Crippen LogP contribution in [0.4, 0.5) is 24.8 Å². The monoisotopic (exact) mass is 397 g/mol. The van der Waals surface area contributed by atoms with Crippen LogP contribution in [-0.4, -0.2) is 29.8 Å². The number of nitrogens with one attached hydrogen (secondary N) is 1. The highest BCUT2D eigenvalue weighted by Gasteiger charge is 2.30. The largest absolute Gasteiger partial charge is 0.480 e. The van der Waals surface area contributed by atoms with Gasteiger partial charge in [0, 0.05) is 19.8 Å². The maximum absolute atomic E-state index is 12.9. The van der Waals surface area contributed by atoms with Crippen molar-refractivity contribution < 1.29 is 23.1 Å². The van der Waals surface area contributed by atoms with Crippen molar-refractivity contribution in [2.24, 2.45) is 14.1 Å². The van der Waals surface area contributed by atoms with Gasteiger partial charge in [-0.05, 0) is 18.2 Å². The molecule has 0 aliphatic rings. The van der Waals surface area contributed by atoms with E-state index in [2.05, 4.69) is 10.3 Å². The molecule has 2 N–H and O–H groups in total. The predicted molar refractivity (Wildman–Crippen MR) is 92.6 cm³/mol. The number of imidazole rings is 1. The molecule has 28 heavy (non-hydrogen) atoms. The summed E-state index contributed by atoms with van der Waals surface area (Å²) in [5.74, 6) is -1.49. The van der Waals surface area contributed by atoms with Crippen molar-refractivity contribution in [3.63, 3.8) is 0 Å². The van der Waals surface area contributed by atoms with Crippen LogP contribution in [0.15, 0.2) is 33.9 Å². The van der Waals surface area contributed by atoms with Crippen molar-refractivity contribution in [2.45, 2.75) is 12.7 Å². The van der Waals surface area contributed by atoms with Crippen LogP contribution in [0.25, 0.3) is 11.2 Å². The van der Waals surface area contributed by atoms with E-state index in [1.807, 2.05) is 0 Å². The normalized spacial score (nSPS) is 11.8. The maximum Gasteiger partial charge on any atom is 0.416 e. The Bertz CT molecular complexity index is 1210. The number of aliphatic carboxylic acids is 1. The number of hydrogen-bond donors (Lipinski definition) is 2. The molecule has 2 heterocycles. The highest BCUT2D eigenvalue weighted by atomic mass is 19.4. The van der Waals surface area contributed by atoms with Crippen LogP contribution in [0.3, 0.4) is 0 Å². The Balaban J connectivity index is 2.23. The van der Waals surface area contributed by atoms with E-state index in [0.717, 1.165) is 25.8 Å². The Labute approximate surface area is 154 Å². The fraction of sp³-hybridized carbons (Fsp3) is 0.250. The van der Waals surface area contributed by atoms with Gasteiger partial charge in [0.1, 0.15) is 6.54 Å². The Kier molecular flexibility index (Phi) is 4.49. The quantitative estimate of drug-likeness (QED) is 0.686. The lowest BCUT2D eigenvalue weighted by Gasteiger charge is -2.11. The third kappa shape index (κ3) is 3.23. The lowest BCUT2D eigenvalue weighted by atomic mass is 10.2. The van der Waals surface area contributed by atoms with Crippen molar-refractivity contribution in [3.05, 3.63) is 50.7 Å². The van der Waals surface area contributed by atoms with Crippen LogP contribution in [0.5, 0.6) is 0 Å². The van der Waals surface area contributed by atoms with Gasteiger partial charge in [0.15, 0.2) is 11.2 Å². The second-order valence-corrected chi connectivity index (χ2v) is 6.00. The first kappa shape index (κ1) is 19.2. The minimum Gasteiger partial charge on any atom is -0.480 e. The van der Waals surface area contributed by atoms with E-state index in [4.69, 9.17) is 5.11 Å². The Hall–Kier alpha value is -3.57. The molecule has 0 saturated heterocycles. The van der Waals surface area contributed by atoms with E-state index in [0.29, 0.717) is 0 Å². The van der Waals surface area contributed by atoms with Gasteiger partial charge in [0.05, 0.1) is 5.56 Å². The summed E-state index contributed by atoms with van der Waals surface area (Å²) in [7, 11) is 2.57. The number of carboxylic acids is 1. The summed E-state index contributed by atoms with van der Waals surface area (Å²) in [6.45, 7) is -0.689. The molecule has 0 saturated carbocycles. The summed E-state index contributed by atoms with van der Waals surface area (Å²) < 4.78 is 41.6. The molecule has 0 fully saturated rings. The Morgan fingerprint density at radius 3 is 2.50 bits per heavy atom. The number of carbonyl (C=O) groups is 1. The number of fused-ring (bicyclic) bond motifs is 1. The van der Waals surface area contributed by atoms with Crippen LogP contribution in [0.2, 0.25) is 0 Å². The number of halogens is 3. The van der Waals surface area contributed by atoms with Crippen LogP contribution >= 0.6 is 0 Å². The summed E-state index contributed by atoms with van der Waals surface area (Å²) in [5.41, 5.74) is -2.64. The zero-order chi connectivity index (χ0) is 20.8. The third-order valence-corrected chi connectivity index (χ3v) is 4.09. The number of alkyl halides is 3. The summed E-state index contributed by atoms with van der Waals surface area (Å²) in [5, 5.41) is 11.8. The predicted octanol–water partition coefficient (Wildman–Crippen LogP) is 1.28. The zero-order valence-corrected chi connectivity index (χ0v) is 14.6. The lowest BCUT2D eigenvalue weighted by Crippen LogP contribution is -2.37. The molecule has 1 aromatic carbocycles. The molecule has 0 radical (unpaired) electrons. The van der Waals surface area contributed by atoms with Crippen LogP contribution in [0, 0.1) is 0 Å². The number of aromatic nitrogens is 4. The molecule has 12 heteroatoms. The molecule has 3 rings (SSSR count). The first-order chi connectivity index (χ1) is 13.0. The molecule has 0 spiro atoms. The maximum atomic E-state index is 12.9. The minimum absolute atomic E-state index is 0.0152. The molecule has 148 valence electrons. The molecule has 0 amide bonds. The highest BCUT2D eigenvalue weighted by molar-refractivity contribution is 5.79. The standard InChI is InChI=1S/C16H14F3N5O4/c1-22-12-11(13(27)23(2)15(22)28)24(7-10(25)26)14(21-12)20-9-5-3-4-8(6-9)16(17,18)19/h3-6H,7H2,1-2H3,(H,20,21)(H,25,26). The van der Waals surface area contributed by atoms with Crippen molar-refractivity contribution in [2.75, 3.05) is 5.32 Å². The first-order valence-corrected chi connectivity index (χ1v) is 7.83. The van der Waals surface area contributed by atoms with E-state index >= 15 is 0 Å².